The van der Waals surface area contributed by atoms with Crippen LogP contribution in [0.15, 0.2) is 134 Å². The predicted molar refractivity (Wildman–Crippen MR) is 165 cm³/mol. The van der Waals surface area contributed by atoms with Crippen molar-refractivity contribution in [3.8, 4) is 61.8 Å². The second kappa shape index (κ2) is 10.2. The minimum absolute atomic E-state index is 0.155. The molecule has 0 aliphatic heterocycles. The third kappa shape index (κ3) is 4.53. The fourth-order valence-corrected chi connectivity index (χ4v) is 5.35. The van der Waals surface area contributed by atoms with E-state index in [0.29, 0.717) is 11.4 Å². The highest BCUT2D eigenvalue weighted by Crippen LogP contribution is 2.35. The Kier molecular flexibility index (Phi) is 6.10. The SMILES string of the molecule is Cn1c(-c2cnccc2O)nc2c(-c3cccc(-c4cc(-c5ccc(-c6ccccc6)cc5)ccn4)c3)cccc21. The lowest BCUT2D eigenvalue weighted by Crippen LogP contribution is -1.93. The molecule has 3 aromatic heterocycles. The zero-order chi connectivity index (χ0) is 27.8. The normalized spacial score (nSPS) is 11.1. The van der Waals surface area contributed by atoms with Gasteiger partial charge in [-0.2, -0.15) is 0 Å². The highest BCUT2D eigenvalue weighted by molar-refractivity contribution is 5.95. The molecule has 7 rings (SSSR count). The van der Waals surface area contributed by atoms with Gasteiger partial charge in [0, 0.05) is 36.8 Å². The van der Waals surface area contributed by atoms with Gasteiger partial charge in [0.15, 0.2) is 0 Å². The molecule has 0 saturated carbocycles. The lowest BCUT2D eigenvalue weighted by Gasteiger charge is -2.09. The fourth-order valence-electron chi connectivity index (χ4n) is 5.35. The van der Waals surface area contributed by atoms with Crippen molar-refractivity contribution in [2.75, 3.05) is 0 Å². The van der Waals surface area contributed by atoms with E-state index in [9.17, 15) is 5.11 Å². The van der Waals surface area contributed by atoms with E-state index in [1.807, 2.05) is 36.0 Å². The molecule has 0 unspecified atom stereocenters. The number of hydrogen-bond acceptors (Lipinski definition) is 4. The molecule has 5 nitrogen and oxygen atoms in total. The first-order chi connectivity index (χ1) is 20.2. The minimum atomic E-state index is 0.155. The Bertz CT molecular complexity index is 2010. The zero-order valence-corrected chi connectivity index (χ0v) is 22.4. The Morgan fingerprint density at radius 2 is 1.29 bits per heavy atom. The molecule has 41 heavy (non-hydrogen) atoms. The summed E-state index contributed by atoms with van der Waals surface area (Å²) in [5, 5.41) is 10.4. The number of aromatic hydroxyl groups is 1. The Balaban J connectivity index is 1.25. The molecule has 0 aliphatic carbocycles. The van der Waals surface area contributed by atoms with Crippen molar-refractivity contribution < 1.29 is 5.11 Å². The summed E-state index contributed by atoms with van der Waals surface area (Å²) >= 11 is 0. The molecular formula is C36H26N4O. The van der Waals surface area contributed by atoms with E-state index < -0.39 is 0 Å². The molecular weight excluding hydrogens is 504 g/mol. The number of fused-ring (bicyclic) bond motifs is 1. The summed E-state index contributed by atoms with van der Waals surface area (Å²) in [5.41, 5.74) is 11.1. The average molecular weight is 531 g/mol. The number of nitrogens with zero attached hydrogens (tertiary/aromatic N) is 4. The van der Waals surface area contributed by atoms with E-state index in [0.717, 1.165) is 44.5 Å². The van der Waals surface area contributed by atoms with E-state index in [2.05, 4.69) is 96.0 Å². The maximum atomic E-state index is 10.4. The molecule has 0 radical (unpaired) electrons. The number of rotatable bonds is 5. The third-order valence-electron chi connectivity index (χ3n) is 7.51. The van der Waals surface area contributed by atoms with Crippen LogP contribution in [0, 0.1) is 0 Å². The lowest BCUT2D eigenvalue weighted by molar-refractivity contribution is 0.476. The van der Waals surface area contributed by atoms with Crippen molar-refractivity contribution in [1.82, 2.24) is 19.5 Å². The molecule has 0 spiro atoms. The van der Waals surface area contributed by atoms with Gasteiger partial charge < -0.3 is 9.67 Å². The van der Waals surface area contributed by atoms with Gasteiger partial charge in [0.05, 0.1) is 22.3 Å². The van der Waals surface area contributed by atoms with Crippen LogP contribution >= 0.6 is 0 Å². The Hall–Kier alpha value is -5.55. The van der Waals surface area contributed by atoms with Crippen LogP contribution in [0.3, 0.4) is 0 Å². The number of aromatic nitrogens is 4. The molecule has 0 atom stereocenters. The zero-order valence-electron chi connectivity index (χ0n) is 22.4. The summed E-state index contributed by atoms with van der Waals surface area (Å²) in [5.74, 6) is 0.824. The first-order valence-electron chi connectivity index (χ1n) is 13.5. The van der Waals surface area contributed by atoms with E-state index in [4.69, 9.17) is 9.97 Å². The Morgan fingerprint density at radius 3 is 2.10 bits per heavy atom. The van der Waals surface area contributed by atoms with Crippen LogP contribution in [0.4, 0.5) is 0 Å². The highest BCUT2D eigenvalue weighted by Gasteiger charge is 2.17. The van der Waals surface area contributed by atoms with Crippen molar-refractivity contribution in [3.05, 3.63) is 134 Å². The highest BCUT2D eigenvalue weighted by atomic mass is 16.3. The Labute approximate surface area is 238 Å². The van der Waals surface area contributed by atoms with Gasteiger partial charge in [0.1, 0.15) is 11.6 Å². The molecule has 196 valence electrons. The molecule has 0 amide bonds. The lowest BCUT2D eigenvalue weighted by atomic mass is 9.98. The van der Waals surface area contributed by atoms with E-state index >= 15 is 0 Å². The van der Waals surface area contributed by atoms with Crippen LogP contribution in [0.5, 0.6) is 5.75 Å². The summed E-state index contributed by atoms with van der Waals surface area (Å²) in [7, 11) is 1.96. The summed E-state index contributed by atoms with van der Waals surface area (Å²) in [6, 6.07) is 39.4. The van der Waals surface area contributed by atoms with Gasteiger partial charge in [-0.05, 0) is 58.1 Å². The molecule has 0 saturated heterocycles. The second-order valence-electron chi connectivity index (χ2n) is 10.0. The first-order valence-corrected chi connectivity index (χ1v) is 13.5. The fraction of sp³-hybridized carbons (Fsp3) is 0.0278. The molecule has 1 N–H and O–H groups in total. The topological polar surface area (TPSA) is 63.8 Å². The summed E-state index contributed by atoms with van der Waals surface area (Å²) in [4.78, 5) is 13.8. The van der Waals surface area contributed by atoms with Gasteiger partial charge in [-0.3, -0.25) is 9.97 Å². The van der Waals surface area contributed by atoms with Crippen LogP contribution in [-0.2, 0) is 7.05 Å². The average Bonchev–Trinajstić information content (AvgIpc) is 3.38. The van der Waals surface area contributed by atoms with Crippen molar-refractivity contribution in [1.29, 1.82) is 0 Å². The largest absolute Gasteiger partial charge is 0.507 e. The maximum Gasteiger partial charge on any atom is 0.146 e. The van der Waals surface area contributed by atoms with Gasteiger partial charge in [-0.1, -0.05) is 84.9 Å². The molecule has 0 bridgehead atoms. The quantitative estimate of drug-likeness (QED) is 0.243. The number of benzene rings is 4. The van der Waals surface area contributed by atoms with E-state index in [1.54, 1.807) is 18.5 Å². The van der Waals surface area contributed by atoms with Gasteiger partial charge in [0.2, 0.25) is 0 Å². The number of hydrogen-bond donors (Lipinski definition) is 1. The summed E-state index contributed by atoms with van der Waals surface area (Å²) < 4.78 is 1.99. The van der Waals surface area contributed by atoms with Gasteiger partial charge in [0.25, 0.3) is 0 Å². The van der Waals surface area contributed by atoms with E-state index in [1.165, 1.54) is 11.1 Å². The van der Waals surface area contributed by atoms with Gasteiger partial charge in [-0.25, -0.2) is 4.98 Å². The number of pyridine rings is 2. The van der Waals surface area contributed by atoms with Crippen LogP contribution in [0.25, 0.3) is 67.1 Å². The van der Waals surface area contributed by atoms with Gasteiger partial charge in [-0.15, -0.1) is 0 Å². The van der Waals surface area contributed by atoms with E-state index in [-0.39, 0.29) is 5.75 Å². The minimum Gasteiger partial charge on any atom is -0.507 e. The molecule has 5 heteroatoms. The van der Waals surface area contributed by atoms with Crippen LogP contribution in [-0.4, -0.2) is 24.6 Å². The number of para-hydroxylation sites is 1. The molecule has 4 aromatic carbocycles. The third-order valence-corrected chi connectivity index (χ3v) is 7.51. The molecule has 7 aromatic rings. The predicted octanol–water partition coefficient (Wildman–Crippen LogP) is 8.40. The maximum absolute atomic E-state index is 10.4. The number of imidazole rings is 1. The number of aryl methyl sites for hydroxylation is 1. The molecule has 0 aliphatic rings. The summed E-state index contributed by atoms with van der Waals surface area (Å²) in [6.07, 6.45) is 5.08. The van der Waals surface area contributed by atoms with Crippen LogP contribution in [0.1, 0.15) is 0 Å². The van der Waals surface area contributed by atoms with Crippen molar-refractivity contribution in [3.63, 3.8) is 0 Å². The second-order valence-corrected chi connectivity index (χ2v) is 10.0. The van der Waals surface area contributed by atoms with Gasteiger partial charge >= 0.3 is 0 Å². The smallest absolute Gasteiger partial charge is 0.146 e. The van der Waals surface area contributed by atoms with Crippen molar-refractivity contribution >= 4 is 11.0 Å². The van der Waals surface area contributed by atoms with Crippen LogP contribution in [0.2, 0.25) is 0 Å². The Morgan fingerprint density at radius 1 is 0.585 bits per heavy atom. The van der Waals surface area contributed by atoms with Crippen LogP contribution < -0.4 is 0 Å². The van der Waals surface area contributed by atoms with Crippen molar-refractivity contribution in [2.45, 2.75) is 0 Å². The molecule has 0 fully saturated rings. The molecule has 3 heterocycles. The standard InChI is InChI=1S/C36H26N4O/c1-40-33-12-6-11-30(35(33)39-36(40)31-23-37-19-18-34(31)41)28-9-5-10-29(21-28)32-22-27(17-20-38-32)26-15-13-25(14-16-26)24-7-3-2-4-8-24/h2-23H,1H3,(H,37,41). The summed E-state index contributed by atoms with van der Waals surface area (Å²) in [6.45, 7) is 0. The van der Waals surface area contributed by atoms with Crippen molar-refractivity contribution in [2.24, 2.45) is 7.05 Å². The first kappa shape index (κ1) is 24.5. The monoisotopic (exact) mass is 530 g/mol.